The molecular formula is C6H10O. The van der Waals surface area contributed by atoms with Gasteiger partial charge in [-0.2, -0.15) is 0 Å². The van der Waals surface area contributed by atoms with E-state index in [1.165, 1.54) is 6.08 Å². The van der Waals surface area contributed by atoms with E-state index in [9.17, 15) is 4.79 Å². The number of rotatable bonds is 2. The summed E-state index contributed by atoms with van der Waals surface area (Å²) in [5, 5.41) is 0. The summed E-state index contributed by atoms with van der Waals surface area (Å²) in [6.45, 7) is 4.06. The molecule has 0 N–H and O–H groups in total. The molecule has 40 valence electrons. The molecule has 0 rings (SSSR count). The summed E-state index contributed by atoms with van der Waals surface area (Å²) in [4.78, 5) is 9.62. The lowest BCUT2D eigenvalue weighted by molar-refractivity contribution is -0.104. The fraction of sp³-hybridized carbons (Fsp3) is 0.500. The molecule has 0 aromatic rings. The smallest absolute Gasteiger partial charge is 0.142 e. The Balaban J connectivity index is 3.25. The Kier molecular flexibility index (Phi) is 3.29. The number of carbonyl (C=O) groups excluding carboxylic acids is 1. The van der Waals surface area contributed by atoms with Crippen molar-refractivity contribution < 1.29 is 4.79 Å². The topological polar surface area (TPSA) is 17.1 Å². The summed E-state index contributed by atoms with van der Waals surface area (Å²) in [5.74, 6) is 0.491. The van der Waals surface area contributed by atoms with E-state index in [-0.39, 0.29) is 0 Å². The minimum Gasteiger partial charge on any atom is -0.299 e. The van der Waals surface area contributed by atoms with Crippen LogP contribution in [0.3, 0.4) is 0 Å². The minimum absolute atomic E-state index is 0.491. The number of allylic oxidation sites excluding steroid dienone is 2. The molecule has 0 spiro atoms. The Hall–Kier alpha value is -0.590. The molecule has 0 aromatic heterocycles. The van der Waals surface area contributed by atoms with Crippen LogP contribution in [0, 0.1) is 5.92 Å². The van der Waals surface area contributed by atoms with Crippen molar-refractivity contribution in [2.24, 2.45) is 5.92 Å². The van der Waals surface area contributed by atoms with Gasteiger partial charge in [0.15, 0.2) is 0 Å². The molecule has 0 radical (unpaired) electrons. The first-order chi connectivity index (χ1) is 3.27. The van der Waals surface area contributed by atoms with Crippen LogP contribution < -0.4 is 0 Å². The molecule has 0 aliphatic rings. The number of carbonyl (C=O) groups is 1. The van der Waals surface area contributed by atoms with E-state index < -0.39 is 0 Å². The first-order valence-corrected chi connectivity index (χ1v) is 2.39. The average Bonchev–Trinajstić information content (AvgIpc) is 1.61. The molecule has 0 atom stereocenters. The molecule has 0 unspecified atom stereocenters. The maximum atomic E-state index is 9.62. The van der Waals surface area contributed by atoms with Gasteiger partial charge < -0.3 is 0 Å². The summed E-state index contributed by atoms with van der Waals surface area (Å²) in [5.41, 5.74) is 0. The summed E-state index contributed by atoms with van der Waals surface area (Å²) in [7, 11) is 0. The second kappa shape index (κ2) is 3.59. The molecule has 0 heterocycles. The van der Waals surface area contributed by atoms with E-state index in [0.29, 0.717) is 5.92 Å². The average molecular weight is 98.1 g/mol. The van der Waals surface area contributed by atoms with Crippen LogP contribution in [-0.2, 0) is 4.79 Å². The minimum atomic E-state index is 0.491. The Morgan fingerprint density at radius 3 is 2.14 bits per heavy atom. The number of hydrogen-bond acceptors (Lipinski definition) is 1. The van der Waals surface area contributed by atoms with Crippen LogP contribution in [0.2, 0.25) is 0 Å². The van der Waals surface area contributed by atoms with E-state index in [1.54, 1.807) is 0 Å². The van der Waals surface area contributed by atoms with Gasteiger partial charge in [-0.05, 0) is 12.0 Å². The molecule has 0 aliphatic carbocycles. The maximum Gasteiger partial charge on any atom is 0.142 e. The van der Waals surface area contributed by atoms with Crippen LogP contribution in [0.25, 0.3) is 0 Å². The lowest BCUT2D eigenvalue weighted by atomic mass is 10.2. The summed E-state index contributed by atoms with van der Waals surface area (Å²) in [6.07, 6.45) is 4.16. The highest BCUT2D eigenvalue weighted by Crippen LogP contribution is 1.90. The quantitative estimate of drug-likeness (QED) is 0.377. The van der Waals surface area contributed by atoms with Crippen molar-refractivity contribution in [1.29, 1.82) is 0 Å². The number of hydrogen-bond donors (Lipinski definition) is 0. The fourth-order valence-electron chi connectivity index (χ4n) is 0.268. The van der Waals surface area contributed by atoms with Crippen molar-refractivity contribution in [2.75, 3.05) is 0 Å². The fourth-order valence-corrected chi connectivity index (χ4v) is 0.268. The van der Waals surface area contributed by atoms with Gasteiger partial charge in [0.25, 0.3) is 0 Å². The zero-order valence-corrected chi connectivity index (χ0v) is 4.72. The SMILES string of the molecule is CC(C)C=CC=O. The molecule has 0 saturated heterocycles. The van der Waals surface area contributed by atoms with Gasteiger partial charge in [0.05, 0.1) is 0 Å². The van der Waals surface area contributed by atoms with Gasteiger partial charge in [-0.15, -0.1) is 0 Å². The lowest BCUT2D eigenvalue weighted by Gasteiger charge is -1.86. The third kappa shape index (κ3) is 5.41. The van der Waals surface area contributed by atoms with Crippen LogP contribution in [0.15, 0.2) is 12.2 Å². The van der Waals surface area contributed by atoms with Crippen molar-refractivity contribution in [3.63, 3.8) is 0 Å². The molecule has 0 bridgehead atoms. The van der Waals surface area contributed by atoms with Gasteiger partial charge in [0, 0.05) is 0 Å². The van der Waals surface area contributed by atoms with Crippen molar-refractivity contribution in [3.05, 3.63) is 12.2 Å². The van der Waals surface area contributed by atoms with Crippen molar-refractivity contribution in [1.82, 2.24) is 0 Å². The van der Waals surface area contributed by atoms with E-state index in [0.717, 1.165) is 6.29 Å². The van der Waals surface area contributed by atoms with Crippen LogP contribution in [0.5, 0.6) is 0 Å². The van der Waals surface area contributed by atoms with E-state index >= 15 is 0 Å². The Morgan fingerprint density at radius 1 is 1.43 bits per heavy atom. The molecule has 0 fully saturated rings. The van der Waals surface area contributed by atoms with E-state index in [1.807, 2.05) is 19.9 Å². The third-order valence-corrected chi connectivity index (χ3v) is 0.575. The number of aldehydes is 1. The molecule has 0 aliphatic heterocycles. The Labute approximate surface area is 44.0 Å². The second-order valence-electron chi connectivity index (χ2n) is 1.76. The molecule has 0 aromatic carbocycles. The zero-order valence-electron chi connectivity index (χ0n) is 4.72. The monoisotopic (exact) mass is 98.1 g/mol. The maximum absolute atomic E-state index is 9.62. The predicted octanol–water partition coefficient (Wildman–Crippen LogP) is 1.40. The second-order valence-corrected chi connectivity index (χ2v) is 1.76. The summed E-state index contributed by atoms with van der Waals surface area (Å²) < 4.78 is 0. The molecule has 1 nitrogen and oxygen atoms in total. The highest BCUT2D eigenvalue weighted by Gasteiger charge is 1.78. The van der Waals surface area contributed by atoms with Crippen molar-refractivity contribution >= 4 is 6.29 Å². The predicted molar refractivity (Wildman–Crippen MR) is 30.0 cm³/mol. The van der Waals surface area contributed by atoms with Gasteiger partial charge in [-0.25, -0.2) is 0 Å². The van der Waals surface area contributed by atoms with Gasteiger partial charge >= 0.3 is 0 Å². The Morgan fingerprint density at radius 2 is 2.00 bits per heavy atom. The third-order valence-electron chi connectivity index (χ3n) is 0.575. The highest BCUT2D eigenvalue weighted by molar-refractivity contribution is 5.64. The molecule has 7 heavy (non-hydrogen) atoms. The standard InChI is InChI=1S/C6H10O/c1-6(2)4-3-5-7/h3-6H,1-2H3. The molecule has 1 heteroatoms. The van der Waals surface area contributed by atoms with Crippen LogP contribution >= 0.6 is 0 Å². The molecule has 0 amide bonds. The summed E-state index contributed by atoms with van der Waals surface area (Å²) >= 11 is 0. The normalized spacial score (nSPS) is 10.7. The van der Waals surface area contributed by atoms with Crippen LogP contribution in [0.4, 0.5) is 0 Å². The van der Waals surface area contributed by atoms with Gasteiger partial charge in [-0.3, -0.25) is 4.79 Å². The van der Waals surface area contributed by atoms with Crippen LogP contribution in [0.1, 0.15) is 13.8 Å². The first-order valence-electron chi connectivity index (χ1n) is 2.39. The van der Waals surface area contributed by atoms with Gasteiger partial charge in [0.2, 0.25) is 0 Å². The van der Waals surface area contributed by atoms with Gasteiger partial charge in [-0.1, -0.05) is 19.9 Å². The largest absolute Gasteiger partial charge is 0.299 e. The zero-order chi connectivity index (χ0) is 5.70. The van der Waals surface area contributed by atoms with Crippen LogP contribution in [-0.4, -0.2) is 6.29 Å². The van der Waals surface area contributed by atoms with E-state index in [2.05, 4.69) is 0 Å². The van der Waals surface area contributed by atoms with Crippen molar-refractivity contribution in [2.45, 2.75) is 13.8 Å². The lowest BCUT2D eigenvalue weighted by Crippen LogP contribution is -1.75. The highest BCUT2D eigenvalue weighted by atomic mass is 16.1. The first kappa shape index (κ1) is 6.41. The molecule has 0 saturated carbocycles. The Bertz CT molecular complexity index is 72.2. The summed E-state index contributed by atoms with van der Waals surface area (Å²) in [6, 6.07) is 0. The van der Waals surface area contributed by atoms with Crippen molar-refractivity contribution in [3.8, 4) is 0 Å². The van der Waals surface area contributed by atoms with E-state index in [4.69, 9.17) is 0 Å². The molecular weight excluding hydrogens is 88.1 g/mol. The van der Waals surface area contributed by atoms with Gasteiger partial charge in [0.1, 0.15) is 6.29 Å².